The quantitative estimate of drug-likeness (QED) is 0.0946. The van der Waals surface area contributed by atoms with Crippen LogP contribution < -0.4 is 27.1 Å². The van der Waals surface area contributed by atoms with E-state index in [0.717, 1.165) is 22.3 Å². The van der Waals surface area contributed by atoms with Crippen LogP contribution in [0.4, 0.5) is 0 Å². The zero-order chi connectivity index (χ0) is 33.7. The third-order valence-electron chi connectivity index (χ3n) is 7.06. The van der Waals surface area contributed by atoms with Crippen LogP contribution in [0, 0.1) is 0 Å². The highest BCUT2D eigenvalue weighted by atomic mass is 31.2. The van der Waals surface area contributed by atoms with Crippen molar-refractivity contribution in [2.45, 2.75) is 6.42 Å². The number of hydrogen-bond donors (Lipinski definition) is 0. The van der Waals surface area contributed by atoms with Gasteiger partial charge in [-0.25, -0.2) is 0 Å². The van der Waals surface area contributed by atoms with Crippen LogP contribution in [0.2, 0.25) is 0 Å². The Hall–Kier alpha value is -5.54. The maximum atomic E-state index is 6.54. The molecule has 0 aliphatic rings. The molecule has 0 radical (unpaired) electrons. The van der Waals surface area contributed by atoms with Crippen LogP contribution in [0.3, 0.4) is 0 Å². The van der Waals surface area contributed by atoms with Gasteiger partial charge in [-0.1, -0.05) is 110 Å². The number of rotatable bonds is 16. The maximum Gasteiger partial charge on any atom is 0.530 e. The Kier molecular flexibility index (Phi) is 11.6. The van der Waals surface area contributed by atoms with Crippen molar-refractivity contribution >= 4 is 29.4 Å². The molecule has 0 fully saturated rings. The summed E-state index contributed by atoms with van der Waals surface area (Å²) in [4.78, 5) is 0. The first-order chi connectivity index (χ1) is 24.1. The third-order valence-corrected chi connectivity index (χ3v) is 9.19. The summed E-state index contributed by atoms with van der Waals surface area (Å²) >= 11 is 0. The van der Waals surface area contributed by atoms with Crippen molar-refractivity contribution in [3.63, 3.8) is 0 Å². The molecule has 0 saturated carbocycles. The van der Waals surface area contributed by atoms with Gasteiger partial charge in [-0.2, -0.15) is 0 Å². The third kappa shape index (κ3) is 9.74. The molecule has 0 amide bonds. The van der Waals surface area contributed by atoms with Gasteiger partial charge in [0.2, 0.25) is 0 Å². The van der Waals surface area contributed by atoms with E-state index < -0.39 is 17.2 Å². The molecule has 0 N–H and O–H groups in total. The van der Waals surface area contributed by atoms with Crippen LogP contribution >= 0.6 is 17.2 Å². The van der Waals surface area contributed by atoms with Crippen LogP contribution in [-0.2, 0) is 6.42 Å². The molecule has 6 aromatic carbocycles. The van der Waals surface area contributed by atoms with Gasteiger partial charge in [0.1, 0.15) is 34.5 Å². The molecule has 0 saturated heterocycles. The largest absolute Gasteiger partial charge is 0.530 e. The standard InChI is InChI=1S/C41H34O6P2/c1-3-32-25-27-40(46-48(42-36-17-9-5-10-18-36)43-37-19-11-6-12-20-37)34(29-32)31-35-30-33(4-2)26-28-41(35)47-49(44-38-21-13-7-14-22-38)45-39-23-15-8-16-24-39/h3-30H,1-2,31H2. The number of hydrogen-bond acceptors (Lipinski definition) is 6. The number of para-hydroxylation sites is 4. The van der Waals surface area contributed by atoms with Gasteiger partial charge in [0.15, 0.2) is 0 Å². The minimum Gasteiger partial charge on any atom is -0.409 e. The van der Waals surface area contributed by atoms with E-state index in [-0.39, 0.29) is 0 Å². The summed E-state index contributed by atoms with van der Waals surface area (Å²) in [6.45, 7) is 7.98. The lowest BCUT2D eigenvalue weighted by atomic mass is 9.99. The highest BCUT2D eigenvalue weighted by Crippen LogP contribution is 2.46. The SMILES string of the molecule is C=Cc1ccc(OP(Oc2ccccc2)Oc2ccccc2)c(Cc2cc(C=C)ccc2OP(Oc2ccccc2)Oc2ccccc2)c1. The van der Waals surface area contributed by atoms with Gasteiger partial charge in [0, 0.05) is 6.42 Å². The molecule has 0 unspecified atom stereocenters. The van der Waals surface area contributed by atoms with Crippen molar-refractivity contribution in [2.24, 2.45) is 0 Å². The zero-order valence-electron chi connectivity index (χ0n) is 26.6. The summed E-state index contributed by atoms with van der Waals surface area (Å²) in [5.41, 5.74) is 3.62. The fourth-order valence-electron chi connectivity index (χ4n) is 4.65. The summed E-state index contributed by atoms with van der Waals surface area (Å²) in [5.74, 6) is 3.73. The number of benzene rings is 6. The average Bonchev–Trinajstić information content (AvgIpc) is 3.14. The van der Waals surface area contributed by atoms with E-state index in [1.165, 1.54) is 0 Å². The smallest absolute Gasteiger partial charge is 0.409 e. The summed E-state index contributed by atoms with van der Waals surface area (Å²) in [6.07, 6.45) is 4.04. The molecule has 0 atom stereocenters. The molecule has 49 heavy (non-hydrogen) atoms. The van der Waals surface area contributed by atoms with Gasteiger partial charge in [-0.15, -0.1) is 0 Å². The Labute approximate surface area is 289 Å². The molecule has 0 aromatic heterocycles. The minimum absolute atomic E-state index is 0.438. The fourth-order valence-corrected chi connectivity index (χ4v) is 6.73. The molecule has 244 valence electrons. The van der Waals surface area contributed by atoms with E-state index in [9.17, 15) is 0 Å². The zero-order valence-corrected chi connectivity index (χ0v) is 28.4. The highest BCUT2D eigenvalue weighted by Gasteiger charge is 2.24. The molecule has 0 aliphatic heterocycles. The second kappa shape index (κ2) is 17.0. The van der Waals surface area contributed by atoms with Gasteiger partial charge in [0.25, 0.3) is 0 Å². The topological polar surface area (TPSA) is 55.4 Å². The van der Waals surface area contributed by atoms with Crippen LogP contribution in [0.1, 0.15) is 22.3 Å². The first-order valence-corrected chi connectivity index (χ1v) is 17.7. The second-order valence-electron chi connectivity index (χ2n) is 10.6. The summed E-state index contributed by atoms with van der Waals surface area (Å²) < 4.78 is 38.0. The predicted octanol–water partition coefficient (Wildman–Crippen LogP) is 12.1. The first kappa shape index (κ1) is 33.4. The fraction of sp³-hybridized carbons (Fsp3) is 0.0244. The van der Waals surface area contributed by atoms with Gasteiger partial charge in [0.05, 0.1) is 0 Å². The minimum atomic E-state index is -1.89. The van der Waals surface area contributed by atoms with E-state index >= 15 is 0 Å². The maximum absolute atomic E-state index is 6.54. The molecule has 6 nitrogen and oxygen atoms in total. The van der Waals surface area contributed by atoms with Gasteiger partial charge in [-0.05, 0) is 95.1 Å². The normalized spacial score (nSPS) is 10.7. The molecule has 6 aromatic rings. The monoisotopic (exact) mass is 684 g/mol. The van der Waals surface area contributed by atoms with Crippen LogP contribution in [-0.4, -0.2) is 0 Å². The van der Waals surface area contributed by atoms with Crippen molar-refractivity contribution < 1.29 is 27.1 Å². The molecule has 6 rings (SSSR count). The molecule has 8 heteroatoms. The van der Waals surface area contributed by atoms with Gasteiger partial charge >= 0.3 is 17.2 Å². The lowest BCUT2D eigenvalue weighted by Gasteiger charge is -2.21. The first-order valence-electron chi connectivity index (χ1n) is 15.5. The van der Waals surface area contributed by atoms with Gasteiger partial charge in [-0.3, -0.25) is 0 Å². The van der Waals surface area contributed by atoms with E-state index in [1.807, 2.05) is 158 Å². The van der Waals surface area contributed by atoms with E-state index in [2.05, 4.69) is 13.2 Å². The summed E-state index contributed by atoms with van der Waals surface area (Å²) in [6, 6.07) is 49.7. The van der Waals surface area contributed by atoms with Gasteiger partial charge < -0.3 is 27.1 Å². The van der Waals surface area contributed by atoms with Crippen molar-refractivity contribution in [3.8, 4) is 34.5 Å². The van der Waals surface area contributed by atoms with E-state index in [4.69, 9.17) is 27.1 Å². The summed E-state index contributed by atoms with van der Waals surface area (Å²) in [7, 11) is -3.78. The van der Waals surface area contributed by atoms with Crippen molar-refractivity contribution in [1.29, 1.82) is 0 Å². The molecule has 0 bridgehead atoms. The molecular formula is C41H34O6P2. The predicted molar refractivity (Wildman–Crippen MR) is 199 cm³/mol. The Morgan fingerprint density at radius 2 is 0.694 bits per heavy atom. The highest BCUT2D eigenvalue weighted by molar-refractivity contribution is 7.43. The van der Waals surface area contributed by atoms with E-state index in [1.54, 1.807) is 12.2 Å². The van der Waals surface area contributed by atoms with Crippen molar-refractivity contribution in [1.82, 2.24) is 0 Å². The Morgan fingerprint density at radius 3 is 0.980 bits per heavy atom. The Balaban J connectivity index is 1.32. The summed E-state index contributed by atoms with van der Waals surface area (Å²) in [5, 5.41) is 0. The molecular weight excluding hydrogens is 650 g/mol. The van der Waals surface area contributed by atoms with Crippen LogP contribution in [0.5, 0.6) is 34.5 Å². The lowest BCUT2D eigenvalue weighted by Crippen LogP contribution is -2.06. The van der Waals surface area contributed by atoms with Crippen LogP contribution in [0.25, 0.3) is 12.2 Å². The molecule has 0 aliphatic carbocycles. The van der Waals surface area contributed by atoms with Crippen molar-refractivity contribution in [2.75, 3.05) is 0 Å². The average molecular weight is 685 g/mol. The van der Waals surface area contributed by atoms with Crippen molar-refractivity contribution in [3.05, 3.63) is 193 Å². The molecule has 0 spiro atoms. The second-order valence-corrected chi connectivity index (χ2v) is 12.6. The van der Waals surface area contributed by atoms with Crippen LogP contribution in [0.15, 0.2) is 171 Å². The lowest BCUT2D eigenvalue weighted by molar-refractivity contribution is 0.386. The van der Waals surface area contributed by atoms with E-state index in [0.29, 0.717) is 40.9 Å². The molecule has 0 heterocycles. The Morgan fingerprint density at radius 1 is 0.388 bits per heavy atom. The Bertz CT molecular complexity index is 1710.